The molecule has 0 atom stereocenters. The van der Waals surface area contributed by atoms with E-state index in [4.69, 9.17) is 0 Å². The van der Waals surface area contributed by atoms with Gasteiger partial charge in [0.2, 0.25) is 0 Å². The molecular formula is C56H39N. The molecular weight excluding hydrogens is 687 g/mol. The van der Waals surface area contributed by atoms with E-state index in [1.807, 2.05) is 0 Å². The van der Waals surface area contributed by atoms with Gasteiger partial charge in [0.15, 0.2) is 0 Å². The van der Waals surface area contributed by atoms with Gasteiger partial charge in [0.1, 0.15) is 0 Å². The van der Waals surface area contributed by atoms with E-state index in [0.717, 1.165) is 17.1 Å². The van der Waals surface area contributed by atoms with E-state index < -0.39 is 0 Å². The maximum absolute atomic E-state index is 2.36. The van der Waals surface area contributed by atoms with Crippen molar-refractivity contribution in [2.24, 2.45) is 0 Å². The highest BCUT2D eigenvalue weighted by Crippen LogP contribution is 2.41. The van der Waals surface area contributed by atoms with Crippen molar-refractivity contribution < 1.29 is 0 Å². The number of fused-ring (bicyclic) bond motifs is 3. The molecule has 10 aromatic rings. The van der Waals surface area contributed by atoms with Crippen LogP contribution in [-0.2, 0) is 0 Å². The van der Waals surface area contributed by atoms with Crippen molar-refractivity contribution in [3.63, 3.8) is 0 Å². The molecule has 268 valence electrons. The number of benzene rings is 10. The zero-order chi connectivity index (χ0) is 38.0. The van der Waals surface area contributed by atoms with Crippen LogP contribution in [0, 0.1) is 0 Å². The van der Waals surface area contributed by atoms with Gasteiger partial charge in [0, 0.05) is 17.1 Å². The average molecular weight is 726 g/mol. The predicted octanol–water partition coefficient (Wildman–Crippen LogP) is 15.8. The Morgan fingerprint density at radius 2 is 0.526 bits per heavy atom. The van der Waals surface area contributed by atoms with Crippen LogP contribution in [0.15, 0.2) is 237 Å². The van der Waals surface area contributed by atoms with Crippen molar-refractivity contribution in [3.05, 3.63) is 237 Å². The zero-order valence-corrected chi connectivity index (χ0v) is 31.5. The molecule has 0 heterocycles. The summed E-state index contributed by atoms with van der Waals surface area (Å²) in [6.45, 7) is 0. The summed E-state index contributed by atoms with van der Waals surface area (Å²) in [7, 11) is 0. The fourth-order valence-electron chi connectivity index (χ4n) is 8.32. The van der Waals surface area contributed by atoms with Crippen LogP contribution in [-0.4, -0.2) is 0 Å². The van der Waals surface area contributed by atoms with Gasteiger partial charge >= 0.3 is 0 Å². The largest absolute Gasteiger partial charge is 0.311 e. The van der Waals surface area contributed by atoms with Gasteiger partial charge in [-0.25, -0.2) is 0 Å². The minimum atomic E-state index is 1.09. The van der Waals surface area contributed by atoms with E-state index in [2.05, 4.69) is 241 Å². The lowest BCUT2D eigenvalue weighted by Crippen LogP contribution is -2.09. The van der Waals surface area contributed by atoms with Gasteiger partial charge in [-0.2, -0.15) is 0 Å². The van der Waals surface area contributed by atoms with Crippen LogP contribution in [0.1, 0.15) is 0 Å². The molecule has 0 unspecified atom stereocenters. The summed E-state index contributed by atoms with van der Waals surface area (Å²) in [5.74, 6) is 0. The molecule has 57 heavy (non-hydrogen) atoms. The van der Waals surface area contributed by atoms with Gasteiger partial charge in [-0.05, 0) is 120 Å². The van der Waals surface area contributed by atoms with Crippen LogP contribution < -0.4 is 4.90 Å². The Bertz CT molecular complexity index is 2840. The van der Waals surface area contributed by atoms with Crippen LogP contribution in [0.5, 0.6) is 0 Å². The highest BCUT2D eigenvalue weighted by molar-refractivity contribution is 6.13. The molecule has 1 heteroatoms. The average Bonchev–Trinajstić information content (AvgIpc) is 3.30. The van der Waals surface area contributed by atoms with Gasteiger partial charge in [-0.3, -0.25) is 0 Å². The number of rotatable bonds is 8. The third-order valence-electron chi connectivity index (χ3n) is 11.1. The van der Waals surface area contributed by atoms with Gasteiger partial charge in [-0.15, -0.1) is 0 Å². The van der Waals surface area contributed by atoms with E-state index in [0.29, 0.717) is 0 Å². The summed E-state index contributed by atoms with van der Waals surface area (Å²) in [5.41, 5.74) is 15.4. The molecule has 10 rings (SSSR count). The Morgan fingerprint density at radius 1 is 0.211 bits per heavy atom. The maximum Gasteiger partial charge on any atom is 0.0462 e. The SMILES string of the molecule is c1ccc(-c2ccccc2-c2ccc(N(c3ccc(-c4ccccc4-c4ccccc4)cc3)c3ccc(-c4cc5ccccc5c5ccccc45)cc3)cc2)cc1. The Hall–Kier alpha value is -7.48. The van der Waals surface area contributed by atoms with Crippen molar-refractivity contribution in [2.75, 3.05) is 4.90 Å². The summed E-state index contributed by atoms with van der Waals surface area (Å²) in [4.78, 5) is 2.36. The Labute approximate surface area is 334 Å². The van der Waals surface area contributed by atoms with Gasteiger partial charge in [0.25, 0.3) is 0 Å². The third-order valence-corrected chi connectivity index (χ3v) is 11.1. The van der Waals surface area contributed by atoms with Crippen LogP contribution >= 0.6 is 0 Å². The molecule has 0 aliphatic carbocycles. The highest BCUT2D eigenvalue weighted by Gasteiger charge is 2.16. The number of hydrogen-bond acceptors (Lipinski definition) is 1. The monoisotopic (exact) mass is 725 g/mol. The van der Waals surface area contributed by atoms with Crippen molar-refractivity contribution in [1.82, 2.24) is 0 Å². The van der Waals surface area contributed by atoms with Gasteiger partial charge in [0.05, 0.1) is 0 Å². The molecule has 0 fully saturated rings. The first-order chi connectivity index (χ1) is 28.3. The minimum Gasteiger partial charge on any atom is -0.311 e. The van der Waals surface area contributed by atoms with E-state index in [9.17, 15) is 0 Å². The molecule has 0 aliphatic heterocycles. The topological polar surface area (TPSA) is 3.24 Å². The first-order valence-corrected chi connectivity index (χ1v) is 19.6. The standard InChI is InChI=1S/C56H39N/c1-3-15-40(16-4-1)49-20-9-11-22-51(49)42-27-33-46(34-28-42)57(47-35-29-43(30-36-47)52-23-12-10-21-50(52)41-17-5-2-6-18-41)48-37-31-44(32-38-48)56-39-45-19-7-8-24-53(45)54-25-13-14-26-55(54)56/h1-39H. The fraction of sp³-hybridized carbons (Fsp3) is 0. The quantitative estimate of drug-likeness (QED) is 0.141. The molecule has 0 spiro atoms. The maximum atomic E-state index is 2.36. The van der Waals surface area contributed by atoms with Crippen molar-refractivity contribution in [2.45, 2.75) is 0 Å². The van der Waals surface area contributed by atoms with E-state index in [-0.39, 0.29) is 0 Å². The second kappa shape index (κ2) is 15.0. The Kier molecular flexibility index (Phi) is 8.95. The number of nitrogens with zero attached hydrogens (tertiary/aromatic N) is 1. The molecule has 0 bridgehead atoms. The normalized spacial score (nSPS) is 11.2. The van der Waals surface area contributed by atoms with E-state index >= 15 is 0 Å². The lowest BCUT2D eigenvalue weighted by Gasteiger charge is -2.26. The Morgan fingerprint density at radius 3 is 0.965 bits per heavy atom. The van der Waals surface area contributed by atoms with Gasteiger partial charge < -0.3 is 4.90 Å². The van der Waals surface area contributed by atoms with E-state index in [1.165, 1.54) is 77.2 Å². The molecule has 0 aromatic heterocycles. The lowest BCUT2D eigenvalue weighted by atomic mass is 9.93. The first kappa shape index (κ1) is 34.0. The fourth-order valence-corrected chi connectivity index (χ4v) is 8.32. The molecule has 0 aliphatic rings. The molecule has 0 amide bonds. The van der Waals surface area contributed by atoms with Crippen LogP contribution in [0.2, 0.25) is 0 Å². The summed E-state index contributed by atoms with van der Waals surface area (Å²) in [6.07, 6.45) is 0. The lowest BCUT2D eigenvalue weighted by molar-refractivity contribution is 1.28. The molecule has 0 N–H and O–H groups in total. The Balaban J connectivity index is 1.06. The summed E-state index contributed by atoms with van der Waals surface area (Å²) in [5, 5.41) is 5.07. The zero-order valence-electron chi connectivity index (χ0n) is 31.5. The highest BCUT2D eigenvalue weighted by atomic mass is 15.1. The first-order valence-electron chi connectivity index (χ1n) is 19.6. The third kappa shape index (κ3) is 6.56. The van der Waals surface area contributed by atoms with Crippen LogP contribution in [0.4, 0.5) is 17.1 Å². The molecule has 1 nitrogen and oxygen atoms in total. The molecule has 0 saturated heterocycles. The molecule has 0 radical (unpaired) electrons. The van der Waals surface area contributed by atoms with Crippen molar-refractivity contribution in [3.8, 4) is 55.6 Å². The second-order valence-corrected chi connectivity index (χ2v) is 14.5. The molecule has 0 saturated carbocycles. The summed E-state index contributed by atoms with van der Waals surface area (Å²) in [6, 6.07) is 85.5. The van der Waals surface area contributed by atoms with Crippen LogP contribution in [0.25, 0.3) is 77.2 Å². The van der Waals surface area contributed by atoms with Gasteiger partial charge in [-0.1, -0.05) is 194 Å². The van der Waals surface area contributed by atoms with E-state index in [1.54, 1.807) is 0 Å². The second-order valence-electron chi connectivity index (χ2n) is 14.5. The summed E-state index contributed by atoms with van der Waals surface area (Å²) >= 11 is 0. The van der Waals surface area contributed by atoms with Crippen molar-refractivity contribution in [1.29, 1.82) is 0 Å². The van der Waals surface area contributed by atoms with Crippen LogP contribution in [0.3, 0.4) is 0 Å². The predicted molar refractivity (Wildman–Crippen MR) is 243 cm³/mol. The number of anilines is 3. The van der Waals surface area contributed by atoms with Crippen molar-refractivity contribution >= 4 is 38.6 Å². The summed E-state index contributed by atoms with van der Waals surface area (Å²) < 4.78 is 0. The number of hydrogen-bond donors (Lipinski definition) is 0. The minimum absolute atomic E-state index is 1.09. The molecule has 10 aromatic carbocycles. The smallest absolute Gasteiger partial charge is 0.0462 e.